The van der Waals surface area contributed by atoms with Crippen molar-refractivity contribution in [2.24, 2.45) is 11.1 Å². The summed E-state index contributed by atoms with van der Waals surface area (Å²) in [6.07, 6.45) is 0. The van der Waals surface area contributed by atoms with E-state index in [9.17, 15) is 4.79 Å². The molecule has 0 atom stereocenters. The molecule has 0 heterocycles. The van der Waals surface area contributed by atoms with E-state index in [1.807, 2.05) is 11.9 Å². The number of hydrogen-bond acceptors (Lipinski definition) is 4. The first-order valence-electron chi connectivity index (χ1n) is 4.37. The van der Waals surface area contributed by atoms with Gasteiger partial charge in [0, 0.05) is 6.54 Å². The highest BCUT2D eigenvalue weighted by molar-refractivity contribution is 5.71. The van der Waals surface area contributed by atoms with Crippen LogP contribution in [0.3, 0.4) is 0 Å². The molecule has 0 amide bonds. The predicted molar refractivity (Wildman–Crippen MR) is 52.3 cm³/mol. The molecule has 4 nitrogen and oxygen atoms in total. The van der Waals surface area contributed by atoms with Gasteiger partial charge in [0.05, 0.1) is 13.7 Å². The fourth-order valence-corrected chi connectivity index (χ4v) is 1.14. The van der Waals surface area contributed by atoms with Gasteiger partial charge in [0.25, 0.3) is 0 Å². The normalized spacial score (nSPS) is 11.8. The van der Waals surface area contributed by atoms with E-state index in [4.69, 9.17) is 5.73 Å². The van der Waals surface area contributed by atoms with Crippen LogP contribution in [-0.4, -0.2) is 44.7 Å². The summed E-state index contributed by atoms with van der Waals surface area (Å²) in [7, 11) is 3.28. The molecule has 0 rings (SSSR count). The van der Waals surface area contributed by atoms with Crippen LogP contribution in [-0.2, 0) is 9.53 Å². The summed E-state index contributed by atoms with van der Waals surface area (Å²) in [5.74, 6) is -0.213. The van der Waals surface area contributed by atoms with Gasteiger partial charge in [-0.1, -0.05) is 13.8 Å². The summed E-state index contributed by atoms with van der Waals surface area (Å²) in [6.45, 7) is 5.86. The summed E-state index contributed by atoms with van der Waals surface area (Å²) < 4.78 is 4.56. The van der Waals surface area contributed by atoms with E-state index in [2.05, 4.69) is 18.6 Å². The van der Waals surface area contributed by atoms with E-state index < -0.39 is 0 Å². The van der Waals surface area contributed by atoms with Gasteiger partial charge in [0.2, 0.25) is 0 Å². The Kier molecular flexibility index (Phi) is 4.95. The summed E-state index contributed by atoms with van der Waals surface area (Å²) in [5.41, 5.74) is 5.62. The lowest BCUT2D eigenvalue weighted by molar-refractivity contribution is -0.141. The molecule has 0 fully saturated rings. The van der Waals surface area contributed by atoms with Crippen molar-refractivity contribution in [2.75, 3.05) is 33.8 Å². The number of nitrogens with two attached hydrogens (primary N) is 1. The summed E-state index contributed by atoms with van der Waals surface area (Å²) >= 11 is 0. The Morgan fingerprint density at radius 3 is 2.46 bits per heavy atom. The van der Waals surface area contributed by atoms with E-state index >= 15 is 0 Å². The smallest absolute Gasteiger partial charge is 0.319 e. The number of methoxy groups -OCH3 is 1. The van der Waals surface area contributed by atoms with Gasteiger partial charge in [0.15, 0.2) is 0 Å². The maximum atomic E-state index is 10.9. The van der Waals surface area contributed by atoms with Crippen molar-refractivity contribution in [1.29, 1.82) is 0 Å². The van der Waals surface area contributed by atoms with Crippen LogP contribution in [0, 0.1) is 5.41 Å². The van der Waals surface area contributed by atoms with E-state index in [1.54, 1.807) is 0 Å². The average molecular weight is 188 g/mol. The van der Waals surface area contributed by atoms with Crippen LogP contribution in [0.2, 0.25) is 0 Å². The molecule has 0 aliphatic carbocycles. The second-order valence-corrected chi connectivity index (χ2v) is 4.12. The van der Waals surface area contributed by atoms with Gasteiger partial charge in [-0.15, -0.1) is 0 Å². The number of nitrogens with zero attached hydrogens (tertiary/aromatic N) is 1. The number of carbonyl (C=O) groups excluding carboxylic acids is 1. The molecule has 0 spiro atoms. The average Bonchev–Trinajstić information content (AvgIpc) is 2.03. The Hall–Kier alpha value is -0.610. The topological polar surface area (TPSA) is 55.6 Å². The quantitative estimate of drug-likeness (QED) is 0.621. The van der Waals surface area contributed by atoms with Crippen LogP contribution in [0.15, 0.2) is 0 Å². The molecule has 0 aromatic heterocycles. The molecule has 0 saturated heterocycles. The standard InChI is InChI=1S/C9H20N2O2/c1-9(2,6-10)7-11(3)5-8(12)13-4/h5-7,10H2,1-4H3. The number of likely N-dealkylation sites (N-methyl/N-ethyl adjacent to an activating group) is 1. The van der Waals surface area contributed by atoms with E-state index in [0.29, 0.717) is 13.1 Å². The molecule has 78 valence electrons. The fourth-order valence-electron chi connectivity index (χ4n) is 1.14. The molecule has 0 bridgehead atoms. The van der Waals surface area contributed by atoms with Gasteiger partial charge in [-0.25, -0.2) is 0 Å². The van der Waals surface area contributed by atoms with Crippen LogP contribution >= 0.6 is 0 Å². The Bertz CT molecular complexity index is 169. The lowest BCUT2D eigenvalue weighted by atomic mass is 9.93. The molecule has 0 aliphatic rings. The number of carbonyl (C=O) groups is 1. The fraction of sp³-hybridized carbons (Fsp3) is 0.889. The van der Waals surface area contributed by atoms with E-state index in [0.717, 1.165) is 6.54 Å². The molecular weight excluding hydrogens is 168 g/mol. The van der Waals surface area contributed by atoms with Gasteiger partial charge in [-0.05, 0) is 19.0 Å². The van der Waals surface area contributed by atoms with Crippen LogP contribution in [0.25, 0.3) is 0 Å². The molecule has 2 N–H and O–H groups in total. The SMILES string of the molecule is COC(=O)CN(C)CC(C)(C)CN. The zero-order valence-corrected chi connectivity index (χ0v) is 8.96. The largest absolute Gasteiger partial charge is 0.468 e. The lowest BCUT2D eigenvalue weighted by Gasteiger charge is -2.28. The second-order valence-electron chi connectivity index (χ2n) is 4.12. The zero-order valence-electron chi connectivity index (χ0n) is 8.96. The van der Waals surface area contributed by atoms with E-state index in [-0.39, 0.29) is 11.4 Å². The second kappa shape index (κ2) is 5.19. The third kappa shape index (κ3) is 5.60. The molecule has 0 aromatic rings. The highest BCUT2D eigenvalue weighted by Gasteiger charge is 2.19. The van der Waals surface area contributed by atoms with Crippen molar-refractivity contribution >= 4 is 5.97 Å². The first-order chi connectivity index (χ1) is 5.91. The number of ether oxygens (including phenoxy) is 1. The molecule has 0 unspecified atom stereocenters. The predicted octanol–water partition coefficient (Wildman–Crippen LogP) is 0.0761. The summed E-state index contributed by atoms with van der Waals surface area (Å²) in [4.78, 5) is 12.8. The summed E-state index contributed by atoms with van der Waals surface area (Å²) in [5, 5.41) is 0. The van der Waals surface area contributed by atoms with Crippen LogP contribution in [0.1, 0.15) is 13.8 Å². The number of esters is 1. The number of rotatable bonds is 5. The Labute approximate surface area is 80.0 Å². The number of hydrogen-bond donors (Lipinski definition) is 1. The van der Waals surface area contributed by atoms with Crippen LogP contribution in [0.5, 0.6) is 0 Å². The highest BCUT2D eigenvalue weighted by Crippen LogP contribution is 2.13. The Balaban J connectivity index is 3.86. The first-order valence-corrected chi connectivity index (χ1v) is 4.37. The molecule has 13 heavy (non-hydrogen) atoms. The van der Waals surface area contributed by atoms with Gasteiger partial charge >= 0.3 is 5.97 Å². The minimum absolute atomic E-state index is 0.0444. The first kappa shape index (κ1) is 12.4. The monoisotopic (exact) mass is 188 g/mol. The zero-order chi connectivity index (χ0) is 10.5. The molecule has 0 saturated carbocycles. The molecular formula is C9H20N2O2. The Morgan fingerprint density at radius 2 is 2.08 bits per heavy atom. The minimum Gasteiger partial charge on any atom is -0.468 e. The maximum absolute atomic E-state index is 10.9. The maximum Gasteiger partial charge on any atom is 0.319 e. The third-order valence-electron chi connectivity index (χ3n) is 1.88. The Morgan fingerprint density at radius 1 is 1.54 bits per heavy atom. The molecule has 0 aromatic carbocycles. The van der Waals surface area contributed by atoms with Gasteiger partial charge in [-0.2, -0.15) is 0 Å². The lowest BCUT2D eigenvalue weighted by Crippen LogP contribution is -2.39. The molecule has 0 aliphatic heterocycles. The van der Waals surface area contributed by atoms with Crippen LogP contribution in [0.4, 0.5) is 0 Å². The van der Waals surface area contributed by atoms with Gasteiger partial charge in [-0.3, -0.25) is 9.69 Å². The third-order valence-corrected chi connectivity index (χ3v) is 1.88. The minimum atomic E-state index is -0.213. The van der Waals surface area contributed by atoms with Crippen molar-refractivity contribution < 1.29 is 9.53 Å². The highest BCUT2D eigenvalue weighted by atomic mass is 16.5. The molecule has 4 heteroatoms. The van der Waals surface area contributed by atoms with Crippen molar-refractivity contribution in [3.8, 4) is 0 Å². The van der Waals surface area contributed by atoms with E-state index in [1.165, 1.54) is 7.11 Å². The van der Waals surface area contributed by atoms with Crippen molar-refractivity contribution in [2.45, 2.75) is 13.8 Å². The molecule has 0 radical (unpaired) electrons. The van der Waals surface area contributed by atoms with Crippen molar-refractivity contribution in [1.82, 2.24) is 4.90 Å². The van der Waals surface area contributed by atoms with Gasteiger partial charge in [0.1, 0.15) is 0 Å². The van der Waals surface area contributed by atoms with Crippen LogP contribution < -0.4 is 5.73 Å². The summed E-state index contributed by atoms with van der Waals surface area (Å²) in [6, 6.07) is 0. The van der Waals surface area contributed by atoms with Gasteiger partial charge < -0.3 is 10.5 Å². The van der Waals surface area contributed by atoms with Crippen molar-refractivity contribution in [3.05, 3.63) is 0 Å². The van der Waals surface area contributed by atoms with Crippen molar-refractivity contribution in [3.63, 3.8) is 0 Å².